The Balaban J connectivity index is 2.49. The average molecular weight is 253 g/mol. The van der Waals surface area contributed by atoms with Gasteiger partial charge in [0.15, 0.2) is 0 Å². The molecule has 0 fully saturated rings. The fraction of sp³-hybridized carbons (Fsp3) is 0.667. The van der Waals surface area contributed by atoms with Gasteiger partial charge in [-0.2, -0.15) is 5.10 Å². The van der Waals surface area contributed by atoms with Crippen LogP contribution in [0.3, 0.4) is 0 Å². The van der Waals surface area contributed by atoms with E-state index >= 15 is 0 Å². The Bertz CT molecular complexity index is 405. The molecule has 6 heteroatoms. The number of hydrogen-bond acceptors (Lipinski definition) is 3. The maximum Gasteiger partial charge on any atom is 0.312 e. The standard InChI is InChI=1S/C12H23N5O/c1-12(2,3)10-9(8-17(4)16-10)7-14-5-6-15-11(13)18/h8,14H,5-7H2,1-4H3,(H3,13,15,18). The number of nitrogens with two attached hydrogens (primary N) is 1. The number of primary amides is 1. The lowest BCUT2D eigenvalue weighted by Gasteiger charge is -2.17. The molecule has 102 valence electrons. The number of nitrogens with one attached hydrogen (secondary N) is 2. The zero-order chi connectivity index (χ0) is 13.8. The monoisotopic (exact) mass is 253 g/mol. The van der Waals surface area contributed by atoms with Gasteiger partial charge in [-0.1, -0.05) is 20.8 Å². The Hall–Kier alpha value is -1.56. The molecule has 0 radical (unpaired) electrons. The highest BCUT2D eigenvalue weighted by Crippen LogP contribution is 2.23. The summed E-state index contributed by atoms with van der Waals surface area (Å²) < 4.78 is 1.83. The van der Waals surface area contributed by atoms with Crippen LogP contribution in [0.25, 0.3) is 0 Å². The summed E-state index contributed by atoms with van der Waals surface area (Å²) in [5.41, 5.74) is 7.29. The highest BCUT2D eigenvalue weighted by molar-refractivity contribution is 5.71. The molecule has 0 atom stereocenters. The van der Waals surface area contributed by atoms with Crippen LogP contribution in [0.5, 0.6) is 0 Å². The minimum Gasteiger partial charge on any atom is -0.352 e. The number of carbonyl (C=O) groups is 1. The molecule has 0 unspecified atom stereocenters. The third-order valence-electron chi connectivity index (χ3n) is 2.53. The molecule has 0 saturated carbocycles. The fourth-order valence-corrected chi connectivity index (χ4v) is 1.80. The lowest BCUT2D eigenvalue weighted by Crippen LogP contribution is -2.35. The summed E-state index contributed by atoms with van der Waals surface area (Å²) in [4.78, 5) is 10.5. The van der Waals surface area contributed by atoms with Crippen molar-refractivity contribution in [3.63, 3.8) is 0 Å². The van der Waals surface area contributed by atoms with E-state index in [9.17, 15) is 4.79 Å². The number of nitrogens with zero attached hydrogens (tertiary/aromatic N) is 2. The summed E-state index contributed by atoms with van der Waals surface area (Å²) in [6.07, 6.45) is 2.02. The predicted molar refractivity (Wildman–Crippen MR) is 71.2 cm³/mol. The summed E-state index contributed by atoms with van der Waals surface area (Å²) in [7, 11) is 1.92. The quantitative estimate of drug-likeness (QED) is 0.667. The highest BCUT2D eigenvalue weighted by Gasteiger charge is 2.21. The van der Waals surface area contributed by atoms with Crippen molar-refractivity contribution < 1.29 is 4.79 Å². The van der Waals surface area contributed by atoms with Gasteiger partial charge in [0.2, 0.25) is 0 Å². The van der Waals surface area contributed by atoms with Gasteiger partial charge in [0, 0.05) is 43.9 Å². The molecule has 4 N–H and O–H groups in total. The second-order valence-electron chi connectivity index (χ2n) is 5.39. The highest BCUT2D eigenvalue weighted by atomic mass is 16.2. The van der Waals surface area contributed by atoms with Crippen LogP contribution in [-0.4, -0.2) is 28.9 Å². The normalized spacial score (nSPS) is 11.6. The van der Waals surface area contributed by atoms with E-state index in [1.807, 2.05) is 17.9 Å². The smallest absolute Gasteiger partial charge is 0.312 e. The van der Waals surface area contributed by atoms with E-state index in [0.717, 1.165) is 12.2 Å². The van der Waals surface area contributed by atoms with Crippen LogP contribution in [0, 0.1) is 0 Å². The van der Waals surface area contributed by atoms with Gasteiger partial charge in [0.05, 0.1) is 5.69 Å². The van der Waals surface area contributed by atoms with Gasteiger partial charge in [0.25, 0.3) is 0 Å². The molecule has 0 aromatic carbocycles. The molecule has 0 aliphatic carbocycles. The largest absolute Gasteiger partial charge is 0.352 e. The molecule has 0 saturated heterocycles. The number of carbonyl (C=O) groups excluding carboxylic acids is 1. The molecule has 0 spiro atoms. The van der Waals surface area contributed by atoms with Crippen molar-refractivity contribution in [1.29, 1.82) is 0 Å². The summed E-state index contributed by atoms with van der Waals surface area (Å²) in [5, 5.41) is 10.3. The van der Waals surface area contributed by atoms with E-state index in [2.05, 4.69) is 36.5 Å². The van der Waals surface area contributed by atoms with E-state index in [0.29, 0.717) is 13.1 Å². The number of rotatable bonds is 5. The topological polar surface area (TPSA) is 85.0 Å². The Morgan fingerprint density at radius 2 is 2.11 bits per heavy atom. The van der Waals surface area contributed by atoms with Crippen LogP contribution in [0.4, 0.5) is 4.79 Å². The minimum absolute atomic E-state index is 0.0315. The van der Waals surface area contributed by atoms with Crippen molar-refractivity contribution in [2.45, 2.75) is 32.7 Å². The average Bonchev–Trinajstić information content (AvgIpc) is 2.58. The number of urea groups is 1. The third kappa shape index (κ3) is 4.37. The van der Waals surface area contributed by atoms with Crippen molar-refractivity contribution in [2.75, 3.05) is 13.1 Å². The summed E-state index contributed by atoms with van der Waals surface area (Å²) in [5.74, 6) is 0. The van der Waals surface area contributed by atoms with Crippen LogP contribution in [-0.2, 0) is 19.0 Å². The molecule has 1 aromatic rings. The van der Waals surface area contributed by atoms with E-state index in [4.69, 9.17) is 5.73 Å². The fourth-order valence-electron chi connectivity index (χ4n) is 1.80. The first-order chi connectivity index (χ1) is 8.30. The van der Waals surface area contributed by atoms with Gasteiger partial charge in [0.1, 0.15) is 0 Å². The van der Waals surface area contributed by atoms with Gasteiger partial charge in [-0.3, -0.25) is 4.68 Å². The van der Waals surface area contributed by atoms with Crippen molar-refractivity contribution in [1.82, 2.24) is 20.4 Å². The van der Waals surface area contributed by atoms with Crippen molar-refractivity contribution in [2.24, 2.45) is 12.8 Å². The van der Waals surface area contributed by atoms with Crippen LogP contribution < -0.4 is 16.4 Å². The molecular formula is C12H23N5O. The van der Waals surface area contributed by atoms with E-state index in [1.54, 1.807) is 0 Å². The predicted octanol–water partition coefficient (Wildman–Crippen LogP) is 0.475. The molecule has 1 aromatic heterocycles. The maximum absolute atomic E-state index is 10.5. The van der Waals surface area contributed by atoms with Crippen LogP contribution in [0.2, 0.25) is 0 Å². The lowest BCUT2D eigenvalue weighted by molar-refractivity contribution is 0.249. The zero-order valence-electron chi connectivity index (χ0n) is 11.6. The summed E-state index contributed by atoms with van der Waals surface area (Å²) >= 11 is 0. The molecule has 1 heterocycles. The molecule has 0 bridgehead atoms. The Labute approximate surface area is 108 Å². The van der Waals surface area contributed by atoms with Crippen molar-refractivity contribution >= 4 is 6.03 Å². The van der Waals surface area contributed by atoms with Gasteiger partial charge in [-0.15, -0.1) is 0 Å². The molecule has 1 rings (SSSR count). The number of aromatic nitrogens is 2. The zero-order valence-corrected chi connectivity index (χ0v) is 11.6. The van der Waals surface area contributed by atoms with Gasteiger partial charge in [-0.05, 0) is 0 Å². The van der Waals surface area contributed by atoms with Gasteiger partial charge in [-0.25, -0.2) is 4.79 Å². The first-order valence-electron chi connectivity index (χ1n) is 6.07. The number of aryl methyl sites for hydroxylation is 1. The summed E-state index contributed by atoms with van der Waals surface area (Å²) in [6.45, 7) is 8.39. The maximum atomic E-state index is 10.5. The van der Waals surface area contributed by atoms with E-state index < -0.39 is 6.03 Å². The van der Waals surface area contributed by atoms with E-state index in [1.165, 1.54) is 5.56 Å². The molecule has 0 aliphatic heterocycles. The minimum atomic E-state index is -0.492. The summed E-state index contributed by atoms with van der Waals surface area (Å²) in [6, 6.07) is -0.492. The SMILES string of the molecule is Cn1cc(CNCCNC(N)=O)c(C(C)(C)C)n1. The molecule has 18 heavy (non-hydrogen) atoms. The second kappa shape index (κ2) is 5.86. The van der Waals surface area contributed by atoms with Crippen molar-refractivity contribution in [3.8, 4) is 0 Å². The first-order valence-corrected chi connectivity index (χ1v) is 6.07. The van der Waals surface area contributed by atoms with Crippen LogP contribution in [0.15, 0.2) is 6.20 Å². The van der Waals surface area contributed by atoms with E-state index in [-0.39, 0.29) is 5.41 Å². The Kier molecular flexibility index (Phi) is 4.72. The third-order valence-corrected chi connectivity index (χ3v) is 2.53. The molecule has 6 nitrogen and oxygen atoms in total. The molecule has 2 amide bonds. The number of hydrogen-bond donors (Lipinski definition) is 3. The molecular weight excluding hydrogens is 230 g/mol. The van der Waals surface area contributed by atoms with Gasteiger partial charge < -0.3 is 16.4 Å². The van der Waals surface area contributed by atoms with Gasteiger partial charge >= 0.3 is 6.03 Å². The Morgan fingerprint density at radius 3 is 2.67 bits per heavy atom. The lowest BCUT2D eigenvalue weighted by atomic mass is 9.89. The Morgan fingerprint density at radius 1 is 1.44 bits per heavy atom. The van der Waals surface area contributed by atoms with Crippen LogP contribution in [0.1, 0.15) is 32.0 Å². The second-order valence-corrected chi connectivity index (χ2v) is 5.39. The van der Waals surface area contributed by atoms with Crippen LogP contribution >= 0.6 is 0 Å². The first kappa shape index (κ1) is 14.5. The number of amides is 2. The molecule has 0 aliphatic rings. The van der Waals surface area contributed by atoms with Crippen molar-refractivity contribution in [3.05, 3.63) is 17.5 Å².